The van der Waals surface area contributed by atoms with Crippen LogP contribution in [-0.4, -0.2) is 6.54 Å². The van der Waals surface area contributed by atoms with Crippen LogP contribution in [0.25, 0.3) is 0 Å². The van der Waals surface area contributed by atoms with Crippen LogP contribution in [-0.2, 0) is 6.42 Å². The highest BCUT2D eigenvalue weighted by molar-refractivity contribution is 5.52. The van der Waals surface area contributed by atoms with Crippen LogP contribution in [0, 0.1) is 6.92 Å². The van der Waals surface area contributed by atoms with E-state index in [0.29, 0.717) is 0 Å². The van der Waals surface area contributed by atoms with Crippen molar-refractivity contribution in [2.45, 2.75) is 41.0 Å². The molecule has 0 unspecified atom stereocenters. The standard InChI is InChI=1S/C11H17N.C2H6/c1-4-10-8-9(3)6-7-11(10)12-5-2;1-2/h6-8,12H,4-5H2,1-3H3;1-2H3. The van der Waals surface area contributed by atoms with Crippen LogP contribution >= 0.6 is 0 Å². The summed E-state index contributed by atoms with van der Waals surface area (Å²) in [5.41, 5.74) is 4.04. The molecule has 0 aromatic heterocycles. The number of hydrogen-bond acceptors (Lipinski definition) is 1. The van der Waals surface area contributed by atoms with Crippen LogP contribution in [0.15, 0.2) is 18.2 Å². The van der Waals surface area contributed by atoms with Crippen LogP contribution in [0.4, 0.5) is 5.69 Å². The molecule has 80 valence electrons. The number of nitrogens with one attached hydrogen (secondary N) is 1. The van der Waals surface area contributed by atoms with Gasteiger partial charge in [-0.25, -0.2) is 0 Å². The lowest BCUT2D eigenvalue weighted by molar-refractivity contribution is 1.11. The summed E-state index contributed by atoms with van der Waals surface area (Å²) in [5, 5.41) is 3.35. The third-order valence-electron chi connectivity index (χ3n) is 2.01. The summed E-state index contributed by atoms with van der Waals surface area (Å²) in [7, 11) is 0. The molecule has 1 heteroatoms. The van der Waals surface area contributed by atoms with Crippen molar-refractivity contribution < 1.29 is 0 Å². The van der Waals surface area contributed by atoms with Crippen LogP contribution in [0.5, 0.6) is 0 Å². The number of hydrogen-bond donors (Lipinski definition) is 1. The van der Waals surface area contributed by atoms with Gasteiger partial charge in [0.1, 0.15) is 0 Å². The molecular weight excluding hydrogens is 170 g/mol. The van der Waals surface area contributed by atoms with Crippen LogP contribution in [0.2, 0.25) is 0 Å². The number of rotatable bonds is 3. The lowest BCUT2D eigenvalue weighted by atomic mass is 10.1. The second-order valence-corrected chi connectivity index (χ2v) is 3.04. The Morgan fingerprint density at radius 1 is 1.14 bits per heavy atom. The topological polar surface area (TPSA) is 12.0 Å². The fraction of sp³-hybridized carbons (Fsp3) is 0.538. The van der Waals surface area contributed by atoms with Gasteiger partial charge in [0.25, 0.3) is 0 Å². The smallest absolute Gasteiger partial charge is 0.0372 e. The van der Waals surface area contributed by atoms with Crippen molar-refractivity contribution in [1.29, 1.82) is 0 Å². The third-order valence-corrected chi connectivity index (χ3v) is 2.01. The lowest BCUT2D eigenvalue weighted by Crippen LogP contribution is -2.00. The molecule has 1 aromatic rings. The number of aryl methyl sites for hydroxylation is 2. The van der Waals surface area contributed by atoms with E-state index in [-0.39, 0.29) is 0 Å². The Kier molecular flexibility index (Phi) is 6.91. The fourth-order valence-corrected chi connectivity index (χ4v) is 1.38. The molecule has 1 aromatic carbocycles. The quantitative estimate of drug-likeness (QED) is 0.764. The highest BCUT2D eigenvalue weighted by atomic mass is 14.9. The largest absolute Gasteiger partial charge is 0.385 e. The van der Waals surface area contributed by atoms with Crippen molar-refractivity contribution in [1.82, 2.24) is 0 Å². The van der Waals surface area contributed by atoms with E-state index in [1.165, 1.54) is 16.8 Å². The van der Waals surface area contributed by atoms with Gasteiger partial charge in [0.2, 0.25) is 0 Å². The highest BCUT2D eigenvalue weighted by Crippen LogP contribution is 2.17. The average Bonchev–Trinajstić information content (AvgIpc) is 2.24. The Balaban J connectivity index is 0.000000791. The minimum Gasteiger partial charge on any atom is -0.385 e. The molecule has 0 bridgehead atoms. The van der Waals surface area contributed by atoms with Crippen molar-refractivity contribution in [3.63, 3.8) is 0 Å². The maximum atomic E-state index is 3.35. The van der Waals surface area contributed by atoms with Gasteiger partial charge >= 0.3 is 0 Å². The molecule has 0 amide bonds. The second kappa shape index (κ2) is 7.43. The molecule has 0 fully saturated rings. The first-order valence-electron chi connectivity index (χ1n) is 5.61. The minimum atomic E-state index is 0.996. The molecular formula is C13H23N. The lowest BCUT2D eigenvalue weighted by Gasteiger charge is -2.09. The zero-order valence-electron chi connectivity index (χ0n) is 10.1. The summed E-state index contributed by atoms with van der Waals surface area (Å²) < 4.78 is 0. The average molecular weight is 193 g/mol. The van der Waals surface area contributed by atoms with E-state index in [1.807, 2.05) is 13.8 Å². The predicted molar refractivity (Wildman–Crippen MR) is 66.1 cm³/mol. The Morgan fingerprint density at radius 2 is 1.79 bits per heavy atom. The predicted octanol–water partition coefficient (Wildman–Crippen LogP) is 4.02. The zero-order valence-corrected chi connectivity index (χ0v) is 10.1. The van der Waals surface area contributed by atoms with E-state index in [2.05, 4.69) is 44.3 Å². The highest BCUT2D eigenvalue weighted by Gasteiger charge is 1.98. The zero-order chi connectivity index (χ0) is 11.0. The molecule has 0 aliphatic rings. The number of anilines is 1. The Morgan fingerprint density at radius 3 is 2.29 bits per heavy atom. The molecule has 0 aliphatic heterocycles. The van der Waals surface area contributed by atoms with Gasteiger partial charge in [-0.1, -0.05) is 38.5 Å². The monoisotopic (exact) mass is 193 g/mol. The van der Waals surface area contributed by atoms with Gasteiger partial charge in [-0.15, -0.1) is 0 Å². The maximum absolute atomic E-state index is 3.35. The normalized spacial score (nSPS) is 8.93. The van der Waals surface area contributed by atoms with Crippen molar-refractivity contribution >= 4 is 5.69 Å². The fourth-order valence-electron chi connectivity index (χ4n) is 1.38. The van der Waals surface area contributed by atoms with E-state index < -0.39 is 0 Å². The van der Waals surface area contributed by atoms with Crippen LogP contribution in [0.3, 0.4) is 0 Å². The van der Waals surface area contributed by atoms with Crippen molar-refractivity contribution in [3.05, 3.63) is 29.3 Å². The Hall–Kier alpha value is -0.980. The Bertz CT molecular complexity index is 253. The van der Waals surface area contributed by atoms with E-state index in [1.54, 1.807) is 0 Å². The van der Waals surface area contributed by atoms with Crippen LogP contribution < -0.4 is 5.32 Å². The van der Waals surface area contributed by atoms with Crippen molar-refractivity contribution in [2.75, 3.05) is 11.9 Å². The summed E-state index contributed by atoms with van der Waals surface area (Å²) in [6, 6.07) is 6.56. The van der Waals surface area contributed by atoms with Gasteiger partial charge in [-0.3, -0.25) is 0 Å². The van der Waals surface area contributed by atoms with Gasteiger partial charge in [-0.2, -0.15) is 0 Å². The molecule has 1 rings (SSSR count). The molecule has 14 heavy (non-hydrogen) atoms. The molecule has 0 spiro atoms. The van der Waals surface area contributed by atoms with Gasteiger partial charge in [0.05, 0.1) is 0 Å². The summed E-state index contributed by atoms with van der Waals surface area (Å²) in [5.74, 6) is 0. The van der Waals surface area contributed by atoms with Gasteiger partial charge in [0, 0.05) is 12.2 Å². The summed E-state index contributed by atoms with van der Waals surface area (Å²) in [6.07, 6.45) is 1.10. The molecule has 0 heterocycles. The third kappa shape index (κ3) is 3.82. The molecule has 0 aliphatic carbocycles. The minimum absolute atomic E-state index is 0.996. The second-order valence-electron chi connectivity index (χ2n) is 3.04. The van der Waals surface area contributed by atoms with Gasteiger partial charge in [-0.05, 0) is 31.9 Å². The van der Waals surface area contributed by atoms with E-state index in [0.717, 1.165) is 13.0 Å². The van der Waals surface area contributed by atoms with E-state index in [4.69, 9.17) is 0 Å². The first kappa shape index (κ1) is 13.0. The molecule has 1 nitrogen and oxygen atoms in total. The Labute approximate surface area is 88.5 Å². The summed E-state index contributed by atoms with van der Waals surface area (Å²) in [4.78, 5) is 0. The SMILES string of the molecule is CC.CCNc1ccc(C)cc1CC. The molecule has 0 saturated carbocycles. The van der Waals surface area contributed by atoms with Crippen molar-refractivity contribution in [2.24, 2.45) is 0 Å². The van der Waals surface area contributed by atoms with E-state index >= 15 is 0 Å². The molecule has 0 atom stereocenters. The van der Waals surface area contributed by atoms with E-state index in [9.17, 15) is 0 Å². The molecule has 0 radical (unpaired) electrons. The first-order valence-corrected chi connectivity index (χ1v) is 5.61. The van der Waals surface area contributed by atoms with Gasteiger partial charge in [0.15, 0.2) is 0 Å². The van der Waals surface area contributed by atoms with Gasteiger partial charge < -0.3 is 5.32 Å². The van der Waals surface area contributed by atoms with Crippen LogP contribution in [0.1, 0.15) is 38.8 Å². The first-order chi connectivity index (χ1) is 6.77. The molecule has 1 N–H and O–H groups in total. The number of benzene rings is 1. The maximum Gasteiger partial charge on any atom is 0.0372 e. The summed E-state index contributed by atoms with van der Waals surface area (Å²) in [6.45, 7) is 11.4. The molecule has 0 saturated heterocycles. The summed E-state index contributed by atoms with van der Waals surface area (Å²) >= 11 is 0. The van der Waals surface area contributed by atoms with Crippen molar-refractivity contribution in [3.8, 4) is 0 Å².